The van der Waals surface area contributed by atoms with Gasteiger partial charge in [0, 0.05) is 39.3 Å². The minimum absolute atomic E-state index is 0.869. The van der Waals surface area contributed by atoms with Gasteiger partial charge in [-0.25, -0.2) is 0 Å². The first-order valence-corrected chi connectivity index (χ1v) is 7.42. The van der Waals surface area contributed by atoms with Crippen molar-refractivity contribution in [3.8, 4) is 0 Å². The predicted molar refractivity (Wildman–Crippen MR) is 79.0 cm³/mol. The van der Waals surface area contributed by atoms with E-state index in [2.05, 4.69) is 47.2 Å². The SMILES string of the molecule is CCNCc1cccc(CN2CCN(CC)CC2)n1. The van der Waals surface area contributed by atoms with Gasteiger partial charge >= 0.3 is 0 Å². The molecular formula is C15H26N4. The summed E-state index contributed by atoms with van der Waals surface area (Å²) < 4.78 is 0. The molecule has 0 aromatic carbocycles. The van der Waals surface area contributed by atoms with Crippen LogP contribution < -0.4 is 5.32 Å². The minimum Gasteiger partial charge on any atom is -0.311 e. The van der Waals surface area contributed by atoms with E-state index in [1.165, 1.54) is 25.3 Å². The molecule has 4 nitrogen and oxygen atoms in total. The van der Waals surface area contributed by atoms with E-state index < -0.39 is 0 Å². The summed E-state index contributed by atoms with van der Waals surface area (Å²) in [4.78, 5) is 9.74. The van der Waals surface area contributed by atoms with E-state index >= 15 is 0 Å². The maximum absolute atomic E-state index is 4.73. The van der Waals surface area contributed by atoms with Crippen LogP contribution in [-0.4, -0.2) is 54.1 Å². The van der Waals surface area contributed by atoms with Crippen molar-refractivity contribution in [2.75, 3.05) is 39.3 Å². The number of aromatic nitrogens is 1. The summed E-state index contributed by atoms with van der Waals surface area (Å²) in [5, 5.41) is 3.33. The average Bonchev–Trinajstić information content (AvgIpc) is 2.46. The molecule has 0 aliphatic carbocycles. The van der Waals surface area contributed by atoms with Gasteiger partial charge in [-0.1, -0.05) is 19.9 Å². The van der Waals surface area contributed by atoms with Crippen LogP contribution >= 0.6 is 0 Å². The smallest absolute Gasteiger partial charge is 0.0547 e. The zero-order valence-corrected chi connectivity index (χ0v) is 12.2. The van der Waals surface area contributed by atoms with Crippen LogP contribution in [0.5, 0.6) is 0 Å². The third-order valence-corrected chi connectivity index (χ3v) is 3.72. The lowest BCUT2D eigenvalue weighted by atomic mass is 10.2. The lowest BCUT2D eigenvalue weighted by Crippen LogP contribution is -2.45. The number of rotatable bonds is 6. The fourth-order valence-electron chi connectivity index (χ4n) is 2.46. The first kappa shape index (κ1) is 14.4. The minimum atomic E-state index is 0.869. The number of nitrogens with zero attached hydrogens (tertiary/aromatic N) is 3. The fraction of sp³-hybridized carbons (Fsp3) is 0.667. The van der Waals surface area contributed by atoms with E-state index in [9.17, 15) is 0 Å². The first-order chi connectivity index (χ1) is 9.31. The second-order valence-electron chi connectivity index (χ2n) is 5.11. The summed E-state index contributed by atoms with van der Waals surface area (Å²) in [6, 6.07) is 6.36. The van der Waals surface area contributed by atoms with Gasteiger partial charge in [0.25, 0.3) is 0 Å². The third-order valence-electron chi connectivity index (χ3n) is 3.72. The van der Waals surface area contributed by atoms with Gasteiger partial charge in [-0.15, -0.1) is 0 Å². The highest BCUT2D eigenvalue weighted by Gasteiger charge is 2.15. The number of hydrogen-bond acceptors (Lipinski definition) is 4. The van der Waals surface area contributed by atoms with Crippen LogP contribution in [0.15, 0.2) is 18.2 Å². The molecule has 1 aliphatic rings. The lowest BCUT2D eigenvalue weighted by molar-refractivity contribution is 0.131. The van der Waals surface area contributed by atoms with Gasteiger partial charge in [0.1, 0.15) is 0 Å². The molecule has 0 atom stereocenters. The van der Waals surface area contributed by atoms with Gasteiger partial charge in [0.15, 0.2) is 0 Å². The van der Waals surface area contributed by atoms with Crippen LogP contribution in [0.3, 0.4) is 0 Å². The highest BCUT2D eigenvalue weighted by molar-refractivity contribution is 5.11. The van der Waals surface area contributed by atoms with Crippen molar-refractivity contribution in [3.63, 3.8) is 0 Å². The van der Waals surface area contributed by atoms with Crippen molar-refractivity contribution in [3.05, 3.63) is 29.6 Å². The van der Waals surface area contributed by atoms with Gasteiger partial charge in [-0.05, 0) is 25.2 Å². The molecular weight excluding hydrogens is 236 g/mol. The maximum Gasteiger partial charge on any atom is 0.0547 e. The van der Waals surface area contributed by atoms with E-state index in [0.29, 0.717) is 0 Å². The van der Waals surface area contributed by atoms with E-state index in [0.717, 1.165) is 38.4 Å². The van der Waals surface area contributed by atoms with Crippen molar-refractivity contribution in [2.24, 2.45) is 0 Å². The Balaban J connectivity index is 1.85. The van der Waals surface area contributed by atoms with Crippen LogP contribution in [0.1, 0.15) is 25.2 Å². The van der Waals surface area contributed by atoms with Crippen LogP contribution in [0.25, 0.3) is 0 Å². The lowest BCUT2D eigenvalue weighted by Gasteiger charge is -2.33. The van der Waals surface area contributed by atoms with Crippen molar-refractivity contribution in [1.82, 2.24) is 20.1 Å². The van der Waals surface area contributed by atoms with E-state index in [-0.39, 0.29) is 0 Å². The second-order valence-corrected chi connectivity index (χ2v) is 5.11. The average molecular weight is 262 g/mol. The van der Waals surface area contributed by atoms with E-state index in [4.69, 9.17) is 4.98 Å². The molecule has 1 aromatic heterocycles. The number of piperazine rings is 1. The molecule has 0 radical (unpaired) electrons. The van der Waals surface area contributed by atoms with E-state index in [1.807, 2.05) is 0 Å². The molecule has 1 fully saturated rings. The quantitative estimate of drug-likeness (QED) is 0.838. The highest BCUT2D eigenvalue weighted by atomic mass is 15.3. The van der Waals surface area contributed by atoms with Crippen molar-refractivity contribution in [1.29, 1.82) is 0 Å². The molecule has 1 aromatic rings. The third kappa shape index (κ3) is 4.56. The molecule has 0 spiro atoms. The molecule has 1 N–H and O–H groups in total. The van der Waals surface area contributed by atoms with Gasteiger partial charge in [-0.3, -0.25) is 9.88 Å². The van der Waals surface area contributed by atoms with Crippen LogP contribution in [0.2, 0.25) is 0 Å². The molecule has 2 rings (SSSR count). The number of hydrogen-bond donors (Lipinski definition) is 1. The summed E-state index contributed by atoms with van der Waals surface area (Å²) in [7, 11) is 0. The molecule has 4 heteroatoms. The van der Waals surface area contributed by atoms with Crippen molar-refractivity contribution >= 4 is 0 Å². The Morgan fingerprint density at radius 3 is 2.42 bits per heavy atom. The Labute approximate surface area is 116 Å². The first-order valence-electron chi connectivity index (χ1n) is 7.42. The largest absolute Gasteiger partial charge is 0.311 e. The van der Waals surface area contributed by atoms with Gasteiger partial charge in [0.05, 0.1) is 11.4 Å². The molecule has 1 aliphatic heterocycles. The molecule has 19 heavy (non-hydrogen) atoms. The van der Waals surface area contributed by atoms with Crippen LogP contribution in [0, 0.1) is 0 Å². The molecule has 1 saturated heterocycles. The molecule has 2 heterocycles. The Morgan fingerprint density at radius 1 is 1.05 bits per heavy atom. The monoisotopic (exact) mass is 262 g/mol. The summed E-state index contributed by atoms with van der Waals surface area (Å²) in [5.41, 5.74) is 2.34. The number of likely N-dealkylation sites (N-methyl/N-ethyl adjacent to an activating group) is 1. The predicted octanol–water partition coefficient (Wildman–Crippen LogP) is 1.33. The zero-order valence-electron chi connectivity index (χ0n) is 12.2. The van der Waals surface area contributed by atoms with Crippen molar-refractivity contribution in [2.45, 2.75) is 26.9 Å². The number of nitrogens with one attached hydrogen (secondary N) is 1. The van der Waals surface area contributed by atoms with E-state index in [1.54, 1.807) is 0 Å². The Bertz CT molecular complexity index is 372. The standard InChI is InChI=1S/C15H26N4/c1-3-16-12-14-6-5-7-15(17-14)13-19-10-8-18(4-2)9-11-19/h5-7,16H,3-4,8-13H2,1-2H3. The maximum atomic E-state index is 4.73. The molecule has 0 amide bonds. The molecule has 0 unspecified atom stereocenters. The fourth-order valence-corrected chi connectivity index (χ4v) is 2.46. The Morgan fingerprint density at radius 2 is 1.74 bits per heavy atom. The normalized spacial score (nSPS) is 17.8. The summed E-state index contributed by atoms with van der Waals surface area (Å²) in [5.74, 6) is 0. The van der Waals surface area contributed by atoms with Crippen LogP contribution in [0.4, 0.5) is 0 Å². The second kappa shape index (κ2) is 7.58. The Hall–Kier alpha value is -0.970. The summed E-state index contributed by atoms with van der Waals surface area (Å²) >= 11 is 0. The molecule has 106 valence electrons. The highest BCUT2D eigenvalue weighted by Crippen LogP contribution is 2.07. The molecule has 0 bridgehead atoms. The zero-order chi connectivity index (χ0) is 13.5. The summed E-state index contributed by atoms with van der Waals surface area (Å²) in [6.45, 7) is 13.1. The molecule has 0 saturated carbocycles. The van der Waals surface area contributed by atoms with Crippen molar-refractivity contribution < 1.29 is 0 Å². The van der Waals surface area contributed by atoms with Crippen LogP contribution in [-0.2, 0) is 13.1 Å². The van der Waals surface area contributed by atoms with Gasteiger partial charge in [-0.2, -0.15) is 0 Å². The van der Waals surface area contributed by atoms with Gasteiger partial charge in [0.2, 0.25) is 0 Å². The summed E-state index contributed by atoms with van der Waals surface area (Å²) in [6.07, 6.45) is 0. The Kier molecular flexibility index (Phi) is 5.76. The van der Waals surface area contributed by atoms with Gasteiger partial charge < -0.3 is 10.2 Å². The topological polar surface area (TPSA) is 31.4 Å². The number of pyridine rings is 1.